The van der Waals surface area contributed by atoms with Crippen molar-refractivity contribution in [2.45, 2.75) is 46.8 Å². The van der Waals surface area contributed by atoms with Crippen LogP contribution in [-0.2, 0) is 16.1 Å². The van der Waals surface area contributed by atoms with Gasteiger partial charge < -0.3 is 24.1 Å². The van der Waals surface area contributed by atoms with Gasteiger partial charge in [0.25, 0.3) is 5.56 Å². The van der Waals surface area contributed by atoms with Crippen molar-refractivity contribution in [3.63, 3.8) is 0 Å². The van der Waals surface area contributed by atoms with Crippen LogP contribution in [0.15, 0.2) is 87.8 Å². The lowest BCUT2D eigenvalue weighted by molar-refractivity contribution is -0.140. The van der Waals surface area contributed by atoms with Crippen LogP contribution < -0.4 is 29.1 Å². The Bertz CT molecular complexity index is 1930. The monoisotopic (exact) mass is 642 g/mol. The SMILES string of the molecule is CCOc1cc(C=c2sc3n(c2=O)C(c2ccc(OCCC(C)C)c(OC)c2)C(C(=O)OCc2ccccc2)=C(C)N=3)ccc1O. The number of phenols is 1. The minimum atomic E-state index is -0.834. The lowest BCUT2D eigenvalue weighted by Gasteiger charge is -2.25. The highest BCUT2D eigenvalue weighted by atomic mass is 32.1. The highest BCUT2D eigenvalue weighted by Crippen LogP contribution is 2.36. The number of thiazole rings is 1. The Morgan fingerprint density at radius 3 is 2.54 bits per heavy atom. The van der Waals surface area contributed by atoms with Crippen molar-refractivity contribution < 1.29 is 28.8 Å². The lowest BCUT2D eigenvalue weighted by Crippen LogP contribution is -2.39. The van der Waals surface area contributed by atoms with E-state index in [1.165, 1.54) is 22.0 Å². The molecule has 0 radical (unpaired) electrons. The summed E-state index contributed by atoms with van der Waals surface area (Å²) in [6.07, 6.45) is 2.61. The van der Waals surface area contributed by atoms with E-state index >= 15 is 0 Å². The number of fused-ring (bicyclic) bond motifs is 1. The van der Waals surface area contributed by atoms with Gasteiger partial charge in [-0.25, -0.2) is 9.79 Å². The molecule has 3 aromatic carbocycles. The zero-order chi connectivity index (χ0) is 32.8. The Morgan fingerprint density at radius 1 is 1.04 bits per heavy atom. The standard InChI is InChI=1S/C36H38N2O7S/c1-6-43-29-18-25(12-14-27(29)39)19-31-34(40)38-33(26-13-15-28(30(20-26)42-5)44-17-16-22(2)3)32(23(4)37-36(38)46-31)35(41)45-21-24-10-8-7-9-11-24/h7-15,18-20,22,33,39H,6,16-17,21H2,1-5H3. The number of esters is 1. The molecule has 1 aromatic heterocycles. The number of hydrogen-bond acceptors (Lipinski definition) is 9. The number of phenolic OH excluding ortho intramolecular Hbond substituents is 1. The first-order valence-electron chi connectivity index (χ1n) is 15.2. The van der Waals surface area contributed by atoms with Gasteiger partial charge in [-0.2, -0.15) is 0 Å². The number of carbonyl (C=O) groups excluding carboxylic acids is 1. The number of nitrogens with zero attached hydrogens (tertiary/aromatic N) is 2. The zero-order valence-electron chi connectivity index (χ0n) is 26.6. The van der Waals surface area contributed by atoms with Gasteiger partial charge in [0.1, 0.15) is 6.61 Å². The number of rotatable bonds is 12. The largest absolute Gasteiger partial charge is 0.504 e. The third kappa shape index (κ3) is 7.18. The summed E-state index contributed by atoms with van der Waals surface area (Å²) in [7, 11) is 1.56. The van der Waals surface area contributed by atoms with Gasteiger partial charge in [0.15, 0.2) is 27.8 Å². The Labute approximate surface area is 271 Å². The summed E-state index contributed by atoms with van der Waals surface area (Å²) in [5.41, 5.74) is 2.55. The molecule has 0 saturated heterocycles. The molecule has 0 fully saturated rings. The molecule has 240 valence electrons. The number of benzene rings is 3. The van der Waals surface area contributed by atoms with Gasteiger partial charge in [-0.05, 0) is 73.2 Å². The molecule has 0 bridgehead atoms. The van der Waals surface area contributed by atoms with E-state index < -0.39 is 12.0 Å². The minimum absolute atomic E-state index is 0.0142. The molecular weight excluding hydrogens is 604 g/mol. The highest BCUT2D eigenvalue weighted by Gasteiger charge is 2.34. The molecule has 10 heteroatoms. The van der Waals surface area contributed by atoms with Crippen molar-refractivity contribution in [2.75, 3.05) is 20.3 Å². The number of methoxy groups -OCH3 is 1. The van der Waals surface area contributed by atoms with Gasteiger partial charge in [-0.1, -0.05) is 67.6 Å². The molecule has 9 nitrogen and oxygen atoms in total. The van der Waals surface area contributed by atoms with Gasteiger partial charge in [-0.3, -0.25) is 9.36 Å². The molecule has 1 atom stereocenters. The Kier molecular flexibility index (Phi) is 10.3. The molecule has 4 aromatic rings. The van der Waals surface area contributed by atoms with E-state index in [-0.39, 0.29) is 23.5 Å². The summed E-state index contributed by atoms with van der Waals surface area (Å²) >= 11 is 1.22. The fourth-order valence-electron chi connectivity index (χ4n) is 5.12. The molecule has 0 saturated carbocycles. The summed E-state index contributed by atoms with van der Waals surface area (Å²) in [6.45, 7) is 8.82. The van der Waals surface area contributed by atoms with Crippen LogP contribution in [0.1, 0.15) is 56.8 Å². The number of carbonyl (C=O) groups is 1. The maximum atomic E-state index is 14.1. The quantitative estimate of drug-likeness (QED) is 0.203. The van der Waals surface area contributed by atoms with Gasteiger partial charge in [0.05, 0.1) is 42.2 Å². The van der Waals surface area contributed by atoms with E-state index in [0.717, 1.165) is 12.0 Å². The fourth-order valence-corrected chi connectivity index (χ4v) is 6.17. The Hall–Kier alpha value is -4.83. The smallest absolute Gasteiger partial charge is 0.338 e. The summed E-state index contributed by atoms with van der Waals surface area (Å²) in [6, 6.07) is 18.9. The summed E-state index contributed by atoms with van der Waals surface area (Å²) in [5.74, 6) is 1.31. The van der Waals surface area contributed by atoms with Crippen LogP contribution in [0.25, 0.3) is 6.08 Å². The summed E-state index contributed by atoms with van der Waals surface area (Å²) < 4.78 is 25.0. The second kappa shape index (κ2) is 14.5. The third-order valence-corrected chi connectivity index (χ3v) is 8.47. The number of ether oxygens (including phenoxy) is 4. The van der Waals surface area contributed by atoms with Crippen LogP contribution in [0.3, 0.4) is 0 Å². The van der Waals surface area contributed by atoms with Crippen molar-refractivity contribution in [3.8, 4) is 23.0 Å². The Balaban J connectivity index is 1.61. The summed E-state index contributed by atoms with van der Waals surface area (Å²) in [5, 5.41) is 10.2. The second-order valence-electron chi connectivity index (χ2n) is 11.2. The second-order valence-corrected chi connectivity index (χ2v) is 12.3. The first-order valence-corrected chi connectivity index (χ1v) is 16.0. The molecule has 1 aliphatic heterocycles. The first-order chi connectivity index (χ1) is 22.2. The number of aromatic nitrogens is 1. The van der Waals surface area contributed by atoms with E-state index in [4.69, 9.17) is 23.9 Å². The van der Waals surface area contributed by atoms with E-state index in [9.17, 15) is 14.7 Å². The summed E-state index contributed by atoms with van der Waals surface area (Å²) in [4.78, 5) is 33.1. The van der Waals surface area contributed by atoms with Crippen LogP contribution >= 0.6 is 11.3 Å². The Morgan fingerprint density at radius 2 is 1.83 bits per heavy atom. The van der Waals surface area contributed by atoms with Gasteiger partial charge in [0.2, 0.25) is 0 Å². The normalized spacial score (nSPS) is 14.6. The molecule has 1 aliphatic rings. The molecule has 1 N–H and O–H groups in total. The first kappa shape index (κ1) is 32.6. The maximum Gasteiger partial charge on any atom is 0.338 e. The van der Waals surface area contributed by atoms with Gasteiger partial charge in [0, 0.05) is 0 Å². The van der Waals surface area contributed by atoms with Crippen LogP contribution in [0.4, 0.5) is 0 Å². The molecule has 46 heavy (non-hydrogen) atoms. The van der Waals surface area contributed by atoms with E-state index in [1.807, 2.05) is 43.3 Å². The minimum Gasteiger partial charge on any atom is -0.504 e. The molecule has 5 rings (SSSR count). The van der Waals surface area contributed by atoms with Gasteiger partial charge in [-0.15, -0.1) is 0 Å². The number of allylic oxidation sites excluding steroid dienone is 1. The molecule has 0 spiro atoms. The van der Waals surface area contributed by atoms with Crippen LogP contribution in [0.2, 0.25) is 0 Å². The van der Waals surface area contributed by atoms with Crippen molar-refractivity contribution >= 4 is 23.4 Å². The average Bonchev–Trinajstić information content (AvgIpc) is 3.35. The van der Waals surface area contributed by atoms with Crippen LogP contribution in [-0.4, -0.2) is 36.0 Å². The van der Waals surface area contributed by atoms with Crippen molar-refractivity contribution in [1.29, 1.82) is 0 Å². The molecule has 1 unspecified atom stereocenters. The van der Waals surface area contributed by atoms with Crippen molar-refractivity contribution in [1.82, 2.24) is 4.57 Å². The molecule has 2 heterocycles. The van der Waals surface area contributed by atoms with E-state index in [1.54, 1.807) is 44.4 Å². The third-order valence-electron chi connectivity index (χ3n) is 7.49. The lowest BCUT2D eigenvalue weighted by atomic mass is 9.95. The molecule has 0 aliphatic carbocycles. The topological polar surface area (TPSA) is 109 Å². The molecular formula is C36H38N2O7S. The predicted molar refractivity (Wildman–Crippen MR) is 177 cm³/mol. The van der Waals surface area contributed by atoms with Crippen LogP contribution in [0, 0.1) is 5.92 Å². The number of aromatic hydroxyl groups is 1. The highest BCUT2D eigenvalue weighted by molar-refractivity contribution is 7.07. The van der Waals surface area contributed by atoms with E-state index in [0.29, 0.717) is 62.5 Å². The number of hydrogen-bond donors (Lipinski definition) is 1. The average molecular weight is 643 g/mol. The predicted octanol–water partition coefficient (Wildman–Crippen LogP) is 5.52. The van der Waals surface area contributed by atoms with Crippen LogP contribution in [0.5, 0.6) is 23.0 Å². The van der Waals surface area contributed by atoms with Gasteiger partial charge >= 0.3 is 5.97 Å². The fraction of sp³-hybridized carbons (Fsp3) is 0.306. The van der Waals surface area contributed by atoms with E-state index in [2.05, 4.69) is 13.8 Å². The van der Waals surface area contributed by atoms with Crippen molar-refractivity contribution in [2.24, 2.45) is 10.9 Å². The van der Waals surface area contributed by atoms with Crippen molar-refractivity contribution in [3.05, 3.63) is 114 Å². The maximum absolute atomic E-state index is 14.1. The molecule has 0 amide bonds. The zero-order valence-corrected chi connectivity index (χ0v) is 27.4.